The fourth-order valence-corrected chi connectivity index (χ4v) is 4.14. The molecule has 134 valence electrons. The summed E-state index contributed by atoms with van der Waals surface area (Å²) in [6, 6.07) is 2.06. The van der Waals surface area contributed by atoms with Crippen molar-refractivity contribution in [1.82, 2.24) is 4.98 Å². The van der Waals surface area contributed by atoms with E-state index in [0.717, 1.165) is 0 Å². The van der Waals surface area contributed by atoms with Gasteiger partial charge in [0.15, 0.2) is 0 Å². The third-order valence-electron chi connectivity index (χ3n) is 4.85. The number of nitrogens with one attached hydrogen (secondary N) is 1. The van der Waals surface area contributed by atoms with Crippen molar-refractivity contribution in [2.45, 2.75) is 72.0 Å². The second kappa shape index (κ2) is 11.1. The molecule has 1 nitrogen and oxygen atoms in total. The van der Waals surface area contributed by atoms with Crippen molar-refractivity contribution in [3.8, 4) is 0 Å². The monoisotopic (exact) mass is 419 g/mol. The van der Waals surface area contributed by atoms with Gasteiger partial charge in [0.2, 0.25) is 0 Å². The third kappa shape index (κ3) is 6.88. The Morgan fingerprint density at radius 2 is 1.58 bits per heavy atom. The summed E-state index contributed by atoms with van der Waals surface area (Å²) in [5.41, 5.74) is 5.87. The molecule has 0 spiro atoms. The van der Waals surface area contributed by atoms with Crippen LogP contribution in [0, 0.1) is 12.3 Å². The van der Waals surface area contributed by atoms with E-state index >= 15 is 0 Å². The molecule has 2 rings (SSSR count). The molecule has 1 atom stereocenters. The van der Waals surface area contributed by atoms with Crippen LogP contribution in [-0.2, 0) is 27.1 Å². The maximum atomic E-state index is 3.63. The summed E-state index contributed by atoms with van der Waals surface area (Å²) in [5.74, 6) is 0. The van der Waals surface area contributed by atoms with Crippen LogP contribution >= 0.6 is 0 Å². The number of H-pyrrole nitrogens is 1. The minimum absolute atomic E-state index is 0. The number of aromatic amines is 1. The molecular formula is C19H31Cl2NSiTi. The molecule has 0 aromatic carbocycles. The first-order valence-electron chi connectivity index (χ1n) is 7.85. The molecule has 0 fully saturated rings. The zero-order chi connectivity index (χ0) is 16.4. The van der Waals surface area contributed by atoms with Gasteiger partial charge in [0.25, 0.3) is 0 Å². The molecular weight excluding hydrogens is 389 g/mol. The Morgan fingerprint density at radius 3 is 1.75 bits per heavy atom. The Kier molecular flexibility index (Phi) is 13.4. The van der Waals surface area contributed by atoms with Crippen molar-refractivity contribution in [2.24, 2.45) is 0 Å². The van der Waals surface area contributed by atoms with Gasteiger partial charge in [-0.25, -0.2) is 5.57 Å². The van der Waals surface area contributed by atoms with Crippen molar-refractivity contribution in [1.29, 1.82) is 0 Å². The molecule has 1 N–H and O–H groups in total. The van der Waals surface area contributed by atoms with Crippen molar-refractivity contribution >= 4 is 8.80 Å². The van der Waals surface area contributed by atoms with Gasteiger partial charge in [-0.15, -0.1) is 18.7 Å². The zero-order valence-electron chi connectivity index (χ0n) is 16.5. The van der Waals surface area contributed by atoms with Crippen molar-refractivity contribution in [3.05, 3.63) is 46.8 Å². The van der Waals surface area contributed by atoms with Gasteiger partial charge in [0.05, 0.1) is 0 Å². The second-order valence-corrected chi connectivity index (χ2v) is 11.1. The fraction of sp³-hybridized carbons (Fsp3) is 0.579. The zero-order valence-corrected chi connectivity index (χ0v) is 20.7. The number of halogens is 2. The van der Waals surface area contributed by atoms with E-state index in [9.17, 15) is 0 Å². The van der Waals surface area contributed by atoms with E-state index in [1.165, 1.54) is 16.7 Å². The summed E-state index contributed by atoms with van der Waals surface area (Å²) < 4.78 is 0. The summed E-state index contributed by atoms with van der Waals surface area (Å²) in [6.07, 6.45) is 8.59. The molecule has 0 aliphatic heterocycles. The van der Waals surface area contributed by atoms with Crippen LogP contribution in [0.4, 0.5) is 0 Å². The minimum Gasteiger partial charge on any atom is -1.00 e. The SMILES string of the molecule is CC(C)(C)c1[c-][nH]cc1.CC1=[C-]C(C)([SiH](C)C)C(C)=C1C.[Cl-].[Cl-].[Ti+4]. The minimum atomic E-state index is -0.663. The molecule has 0 saturated heterocycles. The number of aromatic nitrogens is 1. The predicted octanol–water partition coefficient (Wildman–Crippen LogP) is -0.549. The van der Waals surface area contributed by atoms with E-state index in [-0.39, 0.29) is 51.9 Å². The van der Waals surface area contributed by atoms with Gasteiger partial charge in [-0.2, -0.15) is 23.4 Å². The van der Waals surface area contributed by atoms with Crippen LogP contribution < -0.4 is 24.8 Å². The first-order chi connectivity index (χ1) is 9.50. The van der Waals surface area contributed by atoms with E-state index in [1.54, 1.807) is 5.57 Å². The Hall–Kier alpha value is 0.271. The quantitative estimate of drug-likeness (QED) is 0.464. The van der Waals surface area contributed by atoms with Crippen LogP contribution in [0.25, 0.3) is 0 Å². The van der Waals surface area contributed by atoms with Gasteiger partial charge in [-0.1, -0.05) is 59.7 Å². The first kappa shape index (κ1) is 29.0. The summed E-state index contributed by atoms with van der Waals surface area (Å²) in [6.45, 7) is 20.3. The van der Waals surface area contributed by atoms with E-state index in [4.69, 9.17) is 0 Å². The molecule has 1 aliphatic carbocycles. The van der Waals surface area contributed by atoms with Gasteiger partial charge in [0.1, 0.15) is 0 Å². The predicted molar refractivity (Wildman–Crippen MR) is 96.4 cm³/mol. The number of hydrogen-bond donors (Lipinski definition) is 1. The maximum absolute atomic E-state index is 3.63. The average molecular weight is 420 g/mol. The van der Waals surface area contributed by atoms with Crippen LogP contribution in [0.1, 0.15) is 54.0 Å². The van der Waals surface area contributed by atoms with Gasteiger partial charge in [-0.05, 0) is 5.41 Å². The molecule has 24 heavy (non-hydrogen) atoms. The molecule has 0 bridgehead atoms. The topological polar surface area (TPSA) is 15.8 Å². The summed E-state index contributed by atoms with van der Waals surface area (Å²) in [5, 5.41) is 0.328. The number of hydrogen-bond acceptors (Lipinski definition) is 0. The van der Waals surface area contributed by atoms with Crippen molar-refractivity contribution in [2.75, 3.05) is 0 Å². The molecule has 5 heteroatoms. The Morgan fingerprint density at radius 1 is 1.08 bits per heavy atom. The normalized spacial score (nSPS) is 19.5. The molecule has 0 saturated carbocycles. The van der Waals surface area contributed by atoms with E-state index < -0.39 is 8.80 Å². The molecule has 1 unspecified atom stereocenters. The number of allylic oxidation sites excluding steroid dienone is 4. The first-order valence-corrected chi connectivity index (χ1v) is 10.7. The van der Waals surface area contributed by atoms with Crippen LogP contribution in [0.15, 0.2) is 29.0 Å². The van der Waals surface area contributed by atoms with Gasteiger partial charge in [0, 0.05) is 8.80 Å². The van der Waals surface area contributed by atoms with Crippen LogP contribution in [0.2, 0.25) is 18.1 Å². The summed E-state index contributed by atoms with van der Waals surface area (Å²) in [4.78, 5) is 2.91. The van der Waals surface area contributed by atoms with Gasteiger partial charge >= 0.3 is 21.7 Å². The molecule has 0 amide bonds. The molecule has 1 aromatic rings. The van der Waals surface area contributed by atoms with Gasteiger partial charge in [-0.3, -0.25) is 6.08 Å². The smallest absolute Gasteiger partial charge is 1.00 e. The van der Waals surface area contributed by atoms with Crippen molar-refractivity contribution < 1.29 is 46.5 Å². The van der Waals surface area contributed by atoms with Gasteiger partial charge < -0.3 is 29.8 Å². The molecule has 1 aliphatic rings. The standard InChI is InChI=1S/C11H19Si.C8H12N.2ClH.Ti/c1-8-7-11(4,12(5)6)10(3)9(8)2;1-8(2,3)7-4-5-9-6-7;;;/h12H,1-6H3;4-5,9H,1-3H3;2*1H;/q2*-1;;;+4/p-2. The second-order valence-electron chi connectivity index (χ2n) is 7.62. The van der Waals surface area contributed by atoms with E-state index in [1.807, 2.05) is 6.20 Å². The molecule has 0 radical (unpaired) electrons. The van der Waals surface area contributed by atoms with Crippen LogP contribution in [0.3, 0.4) is 0 Å². The average Bonchev–Trinajstić information content (AvgIpc) is 2.96. The third-order valence-corrected chi connectivity index (χ3v) is 7.74. The molecule has 1 heterocycles. The Bertz CT molecular complexity index is 542. The fourth-order valence-electron chi connectivity index (χ4n) is 2.55. The molecule has 1 aromatic heterocycles. The van der Waals surface area contributed by atoms with Crippen molar-refractivity contribution in [3.63, 3.8) is 0 Å². The Labute approximate surface area is 178 Å². The Balaban J connectivity index is -0.000000336. The maximum Gasteiger partial charge on any atom is 4.00 e. The summed E-state index contributed by atoms with van der Waals surface area (Å²) >= 11 is 0. The van der Waals surface area contributed by atoms with Crippen LogP contribution in [0.5, 0.6) is 0 Å². The summed E-state index contributed by atoms with van der Waals surface area (Å²) in [7, 11) is -0.663. The van der Waals surface area contributed by atoms with Crippen LogP contribution in [-0.4, -0.2) is 13.8 Å². The largest absolute Gasteiger partial charge is 4.00 e. The number of rotatable bonds is 1. The van der Waals surface area contributed by atoms with E-state index in [2.05, 4.69) is 84.9 Å². The van der Waals surface area contributed by atoms with E-state index in [0.29, 0.717) is 5.04 Å².